The van der Waals surface area contributed by atoms with E-state index in [-0.39, 0.29) is 5.91 Å². The minimum atomic E-state index is -0.502. The van der Waals surface area contributed by atoms with Crippen molar-refractivity contribution >= 4 is 29.0 Å². The summed E-state index contributed by atoms with van der Waals surface area (Å²) in [6.45, 7) is 6.55. The third-order valence-electron chi connectivity index (χ3n) is 3.60. The highest BCUT2D eigenvalue weighted by atomic mass is 32.1. The Balaban J connectivity index is 1.70. The molecule has 124 valence electrons. The standard InChI is InChI=1S/C19H19NO3S/c1-3-10-22-13-19(2)9-8-14-12-15(6-7-16(14)23-19)20-18(21)17-5-4-11-24-17/h3-9,11-12H,1,10,13H2,2H3,(H,20,21). The van der Waals surface area contributed by atoms with Gasteiger partial charge in [-0.15, -0.1) is 17.9 Å². The van der Waals surface area contributed by atoms with Crippen LogP contribution in [0.25, 0.3) is 6.08 Å². The summed E-state index contributed by atoms with van der Waals surface area (Å²) in [6.07, 6.45) is 5.69. The Morgan fingerprint density at radius 3 is 3.08 bits per heavy atom. The van der Waals surface area contributed by atoms with Gasteiger partial charge in [0.15, 0.2) is 0 Å². The van der Waals surface area contributed by atoms with Crippen molar-refractivity contribution in [2.24, 2.45) is 0 Å². The molecule has 1 unspecified atom stereocenters. The summed E-state index contributed by atoms with van der Waals surface area (Å²) in [7, 11) is 0. The fourth-order valence-electron chi connectivity index (χ4n) is 2.42. The van der Waals surface area contributed by atoms with Crippen LogP contribution in [0.2, 0.25) is 0 Å². The predicted molar refractivity (Wildman–Crippen MR) is 97.8 cm³/mol. The van der Waals surface area contributed by atoms with Crippen LogP contribution >= 0.6 is 11.3 Å². The Morgan fingerprint density at radius 1 is 1.46 bits per heavy atom. The number of amides is 1. The number of thiophene rings is 1. The number of fused-ring (bicyclic) bond motifs is 1. The number of benzene rings is 1. The van der Waals surface area contributed by atoms with Crippen molar-refractivity contribution in [1.82, 2.24) is 0 Å². The number of carbonyl (C=O) groups is 1. The van der Waals surface area contributed by atoms with Crippen LogP contribution in [0.4, 0.5) is 5.69 Å². The van der Waals surface area contributed by atoms with E-state index in [0.717, 1.165) is 17.0 Å². The van der Waals surface area contributed by atoms with Crippen molar-refractivity contribution in [3.63, 3.8) is 0 Å². The Kier molecular flexibility index (Phi) is 4.83. The number of nitrogens with one attached hydrogen (secondary N) is 1. The molecule has 1 N–H and O–H groups in total. The molecular weight excluding hydrogens is 322 g/mol. The molecule has 0 aliphatic carbocycles. The van der Waals surface area contributed by atoms with Gasteiger partial charge in [0, 0.05) is 11.3 Å². The van der Waals surface area contributed by atoms with E-state index in [2.05, 4.69) is 11.9 Å². The van der Waals surface area contributed by atoms with Gasteiger partial charge in [0.25, 0.3) is 5.91 Å². The van der Waals surface area contributed by atoms with Crippen LogP contribution in [0.1, 0.15) is 22.2 Å². The molecule has 1 atom stereocenters. The molecule has 1 amide bonds. The molecule has 2 aromatic rings. The number of hydrogen-bond acceptors (Lipinski definition) is 4. The second-order valence-electron chi connectivity index (χ2n) is 5.74. The number of ether oxygens (including phenoxy) is 2. The van der Waals surface area contributed by atoms with Gasteiger partial charge in [-0.3, -0.25) is 4.79 Å². The van der Waals surface area contributed by atoms with Gasteiger partial charge in [-0.1, -0.05) is 18.2 Å². The number of carbonyl (C=O) groups excluding carboxylic acids is 1. The van der Waals surface area contributed by atoms with E-state index in [0.29, 0.717) is 18.1 Å². The maximum atomic E-state index is 12.1. The molecule has 0 fully saturated rings. The number of anilines is 1. The third kappa shape index (κ3) is 3.75. The lowest BCUT2D eigenvalue weighted by atomic mass is 10.0. The minimum absolute atomic E-state index is 0.103. The zero-order valence-corrected chi connectivity index (χ0v) is 14.3. The first kappa shape index (κ1) is 16.5. The van der Waals surface area contributed by atoms with Gasteiger partial charge in [-0.2, -0.15) is 0 Å². The molecule has 0 saturated heterocycles. The molecule has 2 heterocycles. The monoisotopic (exact) mass is 341 g/mol. The maximum Gasteiger partial charge on any atom is 0.265 e. The highest BCUT2D eigenvalue weighted by Gasteiger charge is 2.27. The summed E-state index contributed by atoms with van der Waals surface area (Å²) in [5.74, 6) is 0.671. The third-order valence-corrected chi connectivity index (χ3v) is 4.46. The van der Waals surface area contributed by atoms with Gasteiger partial charge in [-0.05, 0) is 42.6 Å². The summed E-state index contributed by atoms with van der Waals surface area (Å²) in [4.78, 5) is 12.8. The molecule has 0 bridgehead atoms. The van der Waals surface area contributed by atoms with Gasteiger partial charge in [0.05, 0.1) is 18.1 Å². The van der Waals surface area contributed by atoms with Crippen LogP contribution < -0.4 is 10.1 Å². The van der Waals surface area contributed by atoms with Gasteiger partial charge < -0.3 is 14.8 Å². The van der Waals surface area contributed by atoms with Gasteiger partial charge in [0.1, 0.15) is 11.4 Å². The van der Waals surface area contributed by atoms with E-state index >= 15 is 0 Å². The predicted octanol–water partition coefficient (Wildman–Crippen LogP) is 4.37. The smallest absolute Gasteiger partial charge is 0.265 e. The summed E-state index contributed by atoms with van der Waals surface area (Å²) >= 11 is 1.42. The molecule has 0 saturated carbocycles. The molecular formula is C19H19NO3S. The average Bonchev–Trinajstić information content (AvgIpc) is 3.10. The Bertz CT molecular complexity index is 767. The SMILES string of the molecule is C=CCOCC1(C)C=Cc2cc(NC(=O)c3cccs3)ccc2O1. The van der Waals surface area contributed by atoms with Gasteiger partial charge >= 0.3 is 0 Å². The first-order valence-electron chi connectivity index (χ1n) is 7.65. The number of rotatable bonds is 6. The zero-order chi connectivity index (χ0) is 17.0. The second-order valence-corrected chi connectivity index (χ2v) is 6.68. The summed E-state index contributed by atoms with van der Waals surface area (Å²) in [6, 6.07) is 9.28. The lowest BCUT2D eigenvalue weighted by Gasteiger charge is -2.31. The van der Waals surface area contributed by atoms with Crippen molar-refractivity contribution in [2.75, 3.05) is 18.5 Å². The summed E-state index contributed by atoms with van der Waals surface area (Å²) in [5.41, 5.74) is 1.17. The van der Waals surface area contributed by atoms with E-state index in [1.807, 2.05) is 48.7 Å². The molecule has 1 aromatic carbocycles. The van der Waals surface area contributed by atoms with E-state index in [1.54, 1.807) is 12.1 Å². The molecule has 24 heavy (non-hydrogen) atoms. The van der Waals surface area contributed by atoms with Crippen molar-refractivity contribution in [1.29, 1.82) is 0 Å². The number of hydrogen-bond donors (Lipinski definition) is 1. The van der Waals surface area contributed by atoms with Crippen LogP contribution in [0.3, 0.4) is 0 Å². The maximum absolute atomic E-state index is 12.1. The van der Waals surface area contributed by atoms with Crippen LogP contribution in [-0.2, 0) is 4.74 Å². The summed E-state index contributed by atoms with van der Waals surface area (Å²) in [5, 5.41) is 4.79. The molecule has 0 radical (unpaired) electrons. The van der Waals surface area contributed by atoms with E-state index < -0.39 is 5.60 Å². The van der Waals surface area contributed by atoms with Crippen molar-refractivity contribution in [3.05, 3.63) is 64.9 Å². The minimum Gasteiger partial charge on any atom is -0.480 e. The van der Waals surface area contributed by atoms with Gasteiger partial charge in [-0.25, -0.2) is 0 Å². The first-order valence-corrected chi connectivity index (χ1v) is 8.53. The highest BCUT2D eigenvalue weighted by Crippen LogP contribution is 2.33. The molecule has 5 heteroatoms. The van der Waals surface area contributed by atoms with Crippen LogP contribution in [0, 0.1) is 0 Å². The Labute approximate surface area is 145 Å². The van der Waals surface area contributed by atoms with E-state index in [4.69, 9.17) is 9.47 Å². The lowest BCUT2D eigenvalue weighted by Crippen LogP contribution is -2.37. The fraction of sp³-hybridized carbons (Fsp3) is 0.211. The molecule has 4 nitrogen and oxygen atoms in total. The van der Waals surface area contributed by atoms with Crippen LogP contribution in [0.5, 0.6) is 5.75 Å². The van der Waals surface area contributed by atoms with Crippen molar-refractivity contribution in [2.45, 2.75) is 12.5 Å². The van der Waals surface area contributed by atoms with Crippen LogP contribution in [0.15, 0.2) is 54.4 Å². The average molecular weight is 341 g/mol. The highest BCUT2D eigenvalue weighted by molar-refractivity contribution is 7.12. The largest absolute Gasteiger partial charge is 0.480 e. The molecule has 1 aliphatic rings. The van der Waals surface area contributed by atoms with Crippen molar-refractivity contribution in [3.8, 4) is 5.75 Å². The van der Waals surface area contributed by atoms with Crippen LogP contribution in [-0.4, -0.2) is 24.7 Å². The molecule has 1 aromatic heterocycles. The Hall–Kier alpha value is -2.37. The van der Waals surface area contributed by atoms with E-state index in [1.165, 1.54) is 11.3 Å². The topological polar surface area (TPSA) is 47.6 Å². The zero-order valence-electron chi connectivity index (χ0n) is 13.5. The van der Waals surface area contributed by atoms with Gasteiger partial charge in [0.2, 0.25) is 0 Å². The molecule has 0 spiro atoms. The lowest BCUT2D eigenvalue weighted by molar-refractivity contribution is 0.0246. The summed E-state index contributed by atoms with van der Waals surface area (Å²) < 4.78 is 11.5. The second kappa shape index (κ2) is 7.03. The molecule has 3 rings (SSSR count). The van der Waals surface area contributed by atoms with Crippen molar-refractivity contribution < 1.29 is 14.3 Å². The van der Waals surface area contributed by atoms with E-state index in [9.17, 15) is 4.79 Å². The quantitative estimate of drug-likeness (QED) is 0.627. The molecule has 1 aliphatic heterocycles. The first-order chi connectivity index (χ1) is 11.6. The normalized spacial score (nSPS) is 18.5. The Morgan fingerprint density at radius 2 is 2.33 bits per heavy atom. The fourth-order valence-corrected chi connectivity index (χ4v) is 3.04.